The monoisotopic (exact) mass is 286 g/mol. The van der Waals surface area contributed by atoms with Crippen LogP contribution in [-0.4, -0.2) is 23.5 Å². The van der Waals surface area contributed by atoms with Crippen LogP contribution in [0.4, 0.5) is 0 Å². The molecule has 18 heavy (non-hydrogen) atoms. The average molecular weight is 286 g/mol. The van der Waals surface area contributed by atoms with Crippen molar-refractivity contribution in [2.45, 2.75) is 32.2 Å². The highest BCUT2D eigenvalue weighted by Crippen LogP contribution is 2.26. The van der Waals surface area contributed by atoms with Gasteiger partial charge in [-0.3, -0.25) is 4.79 Å². The van der Waals surface area contributed by atoms with Crippen molar-refractivity contribution in [1.82, 2.24) is 5.32 Å². The summed E-state index contributed by atoms with van der Waals surface area (Å²) in [5.74, 6) is 0.375. The maximum Gasteiger partial charge on any atom is 0.265 e. The summed E-state index contributed by atoms with van der Waals surface area (Å²) in [5, 5.41) is 4.75. The molecule has 4 nitrogen and oxygen atoms in total. The number of nitrogens with two attached hydrogens (primary N) is 1. The van der Waals surface area contributed by atoms with Gasteiger partial charge in [-0.05, 0) is 24.3 Å². The summed E-state index contributed by atoms with van der Waals surface area (Å²) in [5.41, 5.74) is 5.13. The number of rotatable bonds is 6. The van der Waals surface area contributed by atoms with E-state index < -0.39 is 5.54 Å². The second-order valence-corrected chi connectivity index (χ2v) is 5.28. The first-order valence-electron chi connectivity index (χ1n) is 5.74. The molecule has 0 fully saturated rings. The zero-order valence-electron chi connectivity index (χ0n) is 10.8. The van der Waals surface area contributed by atoms with Gasteiger partial charge in [-0.15, -0.1) is 11.3 Å². The Balaban J connectivity index is 2.95. The van der Waals surface area contributed by atoms with Crippen LogP contribution < -0.4 is 15.8 Å². The van der Waals surface area contributed by atoms with E-state index in [0.29, 0.717) is 28.5 Å². The summed E-state index contributed by atoms with van der Waals surface area (Å²) in [6, 6.07) is 1.76. The summed E-state index contributed by atoms with van der Waals surface area (Å²) in [7, 11) is 1.54. The number of hydrogen-bond donors (Lipinski definition) is 2. The van der Waals surface area contributed by atoms with Gasteiger partial charge in [0.2, 0.25) is 0 Å². The molecule has 0 saturated heterocycles. The molecule has 0 unspecified atom stereocenters. The second-order valence-electron chi connectivity index (χ2n) is 3.93. The minimum absolute atomic E-state index is 0.196. The maximum absolute atomic E-state index is 12.2. The van der Waals surface area contributed by atoms with Gasteiger partial charge in [0.15, 0.2) is 0 Å². The SMILES string of the molecule is CCC(CC)(NC(=O)c1sccc1OC)C(N)=S. The smallest absolute Gasteiger partial charge is 0.265 e. The number of thiocarbonyl (C=S) groups is 1. The zero-order valence-corrected chi connectivity index (χ0v) is 12.4. The average Bonchev–Trinajstić information content (AvgIpc) is 2.83. The van der Waals surface area contributed by atoms with E-state index in [2.05, 4.69) is 5.32 Å². The van der Waals surface area contributed by atoms with E-state index in [0.717, 1.165) is 0 Å². The fourth-order valence-electron chi connectivity index (χ4n) is 1.73. The lowest BCUT2D eigenvalue weighted by Gasteiger charge is -2.31. The molecule has 0 atom stereocenters. The van der Waals surface area contributed by atoms with Gasteiger partial charge in [0.05, 0.1) is 17.6 Å². The first kappa shape index (κ1) is 14.9. The van der Waals surface area contributed by atoms with Gasteiger partial charge < -0.3 is 15.8 Å². The Labute approximate surface area is 117 Å². The number of nitrogens with one attached hydrogen (secondary N) is 1. The van der Waals surface area contributed by atoms with Crippen molar-refractivity contribution in [2.75, 3.05) is 7.11 Å². The quantitative estimate of drug-likeness (QED) is 0.788. The molecule has 1 rings (SSSR count). The summed E-state index contributed by atoms with van der Waals surface area (Å²) in [6.07, 6.45) is 1.33. The number of amides is 1. The van der Waals surface area contributed by atoms with Gasteiger partial charge in [0.1, 0.15) is 10.6 Å². The van der Waals surface area contributed by atoms with Crippen LogP contribution in [-0.2, 0) is 0 Å². The van der Waals surface area contributed by atoms with Crippen molar-refractivity contribution >= 4 is 34.5 Å². The molecule has 1 aromatic rings. The van der Waals surface area contributed by atoms with Gasteiger partial charge >= 0.3 is 0 Å². The Morgan fingerprint density at radius 1 is 1.56 bits per heavy atom. The van der Waals surface area contributed by atoms with E-state index in [1.54, 1.807) is 13.2 Å². The van der Waals surface area contributed by atoms with Crippen LogP contribution in [0, 0.1) is 0 Å². The standard InChI is InChI=1S/C12H18N2O2S2/c1-4-12(5-2,11(13)17)14-10(15)9-8(16-3)6-7-18-9/h6-7H,4-5H2,1-3H3,(H2,13,17)(H,14,15). The van der Waals surface area contributed by atoms with Crippen molar-refractivity contribution in [1.29, 1.82) is 0 Å². The van der Waals surface area contributed by atoms with E-state index >= 15 is 0 Å². The second kappa shape index (κ2) is 6.15. The molecule has 0 aliphatic rings. The van der Waals surface area contributed by atoms with Gasteiger partial charge in [-0.1, -0.05) is 26.1 Å². The van der Waals surface area contributed by atoms with Crippen LogP contribution >= 0.6 is 23.6 Å². The summed E-state index contributed by atoms with van der Waals surface area (Å²) < 4.78 is 5.13. The topological polar surface area (TPSA) is 64.3 Å². The number of ether oxygens (including phenoxy) is 1. The third kappa shape index (κ3) is 2.81. The highest BCUT2D eigenvalue weighted by Gasteiger charge is 2.32. The molecule has 0 aliphatic heterocycles. The molecule has 0 bridgehead atoms. The van der Waals surface area contributed by atoms with Crippen LogP contribution in [0.15, 0.2) is 11.4 Å². The van der Waals surface area contributed by atoms with Crippen LogP contribution in [0.3, 0.4) is 0 Å². The molecule has 1 aromatic heterocycles. The predicted octanol–water partition coefficient (Wildman–Crippen LogP) is 2.33. The van der Waals surface area contributed by atoms with E-state index in [-0.39, 0.29) is 5.91 Å². The molecule has 3 N–H and O–H groups in total. The van der Waals surface area contributed by atoms with Crippen molar-refractivity contribution in [3.8, 4) is 5.75 Å². The summed E-state index contributed by atoms with van der Waals surface area (Å²) >= 11 is 6.41. The molecular weight excluding hydrogens is 268 g/mol. The summed E-state index contributed by atoms with van der Waals surface area (Å²) in [6.45, 7) is 3.91. The Kier molecular flexibility index (Phi) is 5.10. The number of thiophene rings is 1. The van der Waals surface area contributed by atoms with Crippen LogP contribution in [0.25, 0.3) is 0 Å². The number of methoxy groups -OCH3 is 1. The molecule has 0 radical (unpaired) electrons. The first-order valence-corrected chi connectivity index (χ1v) is 7.03. The zero-order chi connectivity index (χ0) is 13.8. The third-order valence-electron chi connectivity index (χ3n) is 3.09. The van der Waals surface area contributed by atoms with Crippen LogP contribution in [0.5, 0.6) is 5.75 Å². The van der Waals surface area contributed by atoms with Crippen molar-refractivity contribution in [3.05, 3.63) is 16.3 Å². The molecule has 0 spiro atoms. The highest BCUT2D eigenvalue weighted by atomic mass is 32.1. The molecule has 1 heterocycles. The van der Waals surface area contributed by atoms with Gasteiger partial charge in [-0.2, -0.15) is 0 Å². The minimum atomic E-state index is -0.624. The lowest BCUT2D eigenvalue weighted by Crippen LogP contribution is -2.55. The number of carbonyl (C=O) groups excluding carboxylic acids is 1. The lowest BCUT2D eigenvalue weighted by atomic mass is 9.92. The minimum Gasteiger partial charge on any atom is -0.495 e. The van der Waals surface area contributed by atoms with Crippen LogP contribution in [0.2, 0.25) is 0 Å². The molecular formula is C12H18N2O2S2. The molecule has 1 amide bonds. The van der Waals surface area contributed by atoms with Crippen molar-refractivity contribution in [2.24, 2.45) is 5.73 Å². The Morgan fingerprint density at radius 3 is 2.61 bits per heavy atom. The fourth-order valence-corrected chi connectivity index (χ4v) is 2.83. The largest absolute Gasteiger partial charge is 0.495 e. The van der Waals surface area contributed by atoms with E-state index in [4.69, 9.17) is 22.7 Å². The Bertz CT molecular complexity index is 439. The Hall–Kier alpha value is -1.14. The van der Waals surface area contributed by atoms with Crippen molar-refractivity contribution in [3.63, 3.8) is 0 Å². The van der Waals surface area contributed by atoms with E-state index in [1.807, 2.05) is 19.2 Å². The van der Waals surface area contributed by atoms with E-state index in [1.165, 1.54) is 11.3 Å². The molecule has 0 aromatic carbocycles. The summed E-state index contributed by atoms with van der Waals surface area (Å²) in [4.78, 5) is 13.1. The fraction of sp³-hybridized carbons (Fsp3) is 0.500. The molecule has 0 saturated carbocycles. The molecule has 100 valence electrons. The maximum atomic E-state index is 12.2. The van der Waals surface area contributed by atoms with Crippen molar-refractivity contribution < 1.29 is 9.53 Å². The molecule has 6 heteroatoms. The predicted molar refractivity (Wildman–Crippen MR) is 78.4 cm³/mol. The van der Waals surface area contributed by atoms with Gasteiger partial charge in [0, 0.05) is 0 Å². The Morgan fingerprint density at radius 2 is 2.17 bits per heavy atom. The first-order chi connectivity index (χ1) is 8.50. The normalized spacial score (nSPS) is 11.1. The lowest BCUT2D eigenvalue weighted by molar-refractivity contribution is 0.0921. The highest BCUT2D eigenvalue weighted by molar-refractivity contribution is 7.80. The van der Waals surface area contributed by atoms with E-state index in [9.17, 15) is 4.79 Å². The number of hydrogen-bond acceptors (Lipinski definition) is 4. The molecule has 0 aliphatic carbocycles. The third-order valence-corrected chi connectivity index (χ3v) is 4.37. The van der Waals surface area contributed by atoms with Crippen LogP contribution in [0.1, 0.15) is 36.4 Å². The van der Waals surface area contributed by atoms with Gasteiger partial charge in [-0.25, -0.2) is 0 Å². The number of carbonyl (C=O) groups is 1. The van der Waals surface area contributed by atoms with Gasteiger partial charge in [0.25, 0.3) is 5.91 Å².